The summed E-state index contributed by atoms with van der Waals surface area (Å²) in [6.45, 7) is 0.598. The molecule has 0 radical (unpaired) electrons. The zero-order valence-corrected chi connectivity index (χ0v) is 10.6. The number of thiazole rings is 2. The average molecular weight is 268 g/mol. The standard InChI is InChI=1S/C9H12N6S2/c10-2-1-7-13-5(3-16-7)6-4-17-9(14-6)15-8(11)12/h3-4H,1-2,10H2,(H4,11,12,14,15). The van der Waals surface area contributed by atoms with E-state index in [2.05, 4.69) is 15.3 Å². The Bertz CT molecular complexity index is 517. The van der Waals surface area contributed by atoms with Crippen LogP contribution in [0.5, 0.6) is 0 Å². The second-order valence-electron chi connectivity index (χ2n) is 3.24. The molecule has 0 saturated carbocycles. The molecule has 0 aliphatic carbocycles. The van der Waals surface area contributed by atoms with Crippen LogP contribution in [0.1, 0.15) is 5.01 Å². The summed E-state index contributed by atoms with van der Waals surface area (Å²) in [5, 5.41) is 15.2. The van der Waals surface area contributed by atoms with E-state index in [0.29, 0.717) is 11.7 Å². The second-order valence-corrected chi connectivity index (χ2v) is 5.04. The van der Waals surface area contributed by atoms with Crippen LogP contribution >= 0.6 is 22.7 Å². The maximum absolute atomic E-state index is 7.11. The molecular formula is C9H12N6S2. The van der Waals surface area contributed by atoms with Gasteiger partial charge in [0, 0.05) is 17.2 Å². The third kappa shape index (κ3) is 2.99. The highest BCUT2D eigenvalue weighted by Crippen LogP contribution is 2.26. The SMILES string of the molecule is N=C(N)Nc1nc(-c2csc(CCN)n2)cs1. The fourth-order valence-electron chi connectivity index (χ4n) is 1.23. The van der Waals surface area contributed by atoms with Crippen molar-refractivity contribution in [1.82, 2.24) is 9.97 Å². The minimum absolute atomic E-state index is 0.118. The summed E-state index contributed by atoms with van der Waals surface area (Å²) in [7, 11) is 0. The first-order valence-electron chi connectivity index (χ1n) is 4.90. The lowest BCUT2D eigenvalue weighted by Crippen LogP contribution is -2.20. The van der Waals surface area contributed by atoms with Gasteiger partial charge in [0.25, 0.3) is 0 Å². The van der Waals surface area contributed by atoms with E-state index in [1.54, 1.807) is 11.3 Å². The lowest BCUT2D eigenvalue weighted by molar-refractivity contribution is 0.953. The Labute approximate surface area is 106 Å². The molecule has 0 aliphatic heterocycles. The van der Waals surface area contributed by atoms with Crippen molar-refractivity contribution in [3.8, 4) is 11.4 Å². The fraction of sp³-hybridized carbons (Fsp3) is 0.222. The summed E-state index contributed by atoms with van der Waals surface area (Å²) in [6, 6.07) is 0. The zero-order chi connectivity index (χ0) is 12.3. The molecule has 0 fully saturated rings. The largest absolute Gasteiger partial charge is 0.370 e. The molecule has 2 rings (SSSR count). The monoisotopic (exact) mass is 268 g/mol. The van der Waals surface area contributed by atoms with Crippen molar-refractivity contribution in [3.63, 3.8) is 0 Å². The smallest absolute Gasteiger partial charge is 0.192 e. The first kappa shape index (κ1) is 12.0. The molecule has 0 amide bonds. The molecule has 2 aromatic rings. The molecule has 0 bridgehead atoms. The van der Waals surface area contributed by atoms with Gasteiger partial charge in [-0.2, -0.15) is 0 Å². The maximum Gasteiger partial charge on any atom is 0.192 e. The van der Waals surface area contributed by atoms with Crippen LogP contribution in [0.2, 0.25) is 0 Å². The number of nitrogens with one attached hydrogen (secondary N) is 2. The van der Waals surface area contributed by atoms with Gasteiger partial charge >= 0.3 is 0 Å². The van der Waals surface area contributed by atoms with Crippen molar-refractivity contribution in [2.45, 2.75) is 6.42 Å². The van der Waals surface area contributed by atoms with Crippen LogP contribution in [0.3, 0.4) is 0 Å². The van der Waals surface area contributed by atoms with Gasteiger partial charge in [0.2, 0.25) is 0 Å². The summed E-state index contributed by atoms with van der Waals surface area (Å²) >= 11 is 2.97. The number of nitrogens with zero attached hydrogens (tertiary/aromatic N) is 2. The highest BCUT2D eigenvalue weighted by Gasteiger charge is 2.08. The van der Waals surface area contributed by atoms with Crippen LogP contribution in [0.15, 0.2) is 10.8 Å². The average Bonchev–Trinajstić information content (AvgIpc) is 2.86. The Morgan fingerprint density at radius 2 is 2.00 bits per heavy atom. The second kappa shape index (κ2) is 5.21. The van der Waals surface area contributed by atoms with Gasteiger partial charge in [0.1, 0.15) is 11.4 Å². The van der Waals surface area contributed by atoms with E-state index in [-0.39, 0.29) is 5.96 Å². The molecule has 8 heteroatoms. The normalized spacial score (nSPS) is 10.4. The Kier molecular flexibility index (Phi) is 3.67. The Balaban J connectivity index is 2.15. The first-order valence-corrected chi connectivity index (χ1v) is 6.66. The van der Waals surface area contributed by atoms with E-state index in [9.17, 15) is 0 Å². The molecule has 0 spiro atoms. The summed E-state index contributed by atoms with van der Waals surface area (Å²) in [6.07, 6.45) is 0.785. The van der Waals surface area contributed by atoms with Crippen molar-refractivity contribution >= 4 is 33.8 Å². The van der Waals surface area contributed by atoms with Crippen LogP contribution in [-0.2, 0) is 6.42 Å². The summed E-state index contributed by atoms with van der Waals surface area (Å²) in [4.78, 5) is 8.73. The summed E-state index contributed by atoms with van der Waals surface area (Å²) in [5.41, 5.74) is 12.3. The van der Waals surface area contributed by atoms with Crippen molar-refractivity contribution < 1.29 is 0 Å². The van der Waals surface area contributed by atoms with E-state index in [1.165, 1.54) is 11.3 Å². The topological polar surface area (TPSA) is 114 Å². The van der Waals surface area contributed by atoms with Gasteiger partial charge in [0.15, 0.2) is 11.1 Å². The number of guanidine groups is 1. The molecule has 6 nitrogen and oxygen atoms in total. The van der Waals surface area contributed by atoms with Crippen molar-refractivity contribution in [3.05, 3.63) is 15.8 Å². The van der Waals surface area contributed by atoms with E-state index in [1.807, 2.05) is 10.8 Å². The molecule has 0 atom stereocenters. The van der Waals surface area contributed by atoms with Gasteiger partial charge in [0.05, 0.1) is 5.01 Å². The fourth-order valence-corrected chi connectivity index (χ4v) is 2.76. The summed E-state index contributed by atoms with van der Waals surface area (Å²) < 4.78 is 0. The molecule has 6 N–H and O–H groups in total. The number of aromatic nitrogens is 2. The Morgan fingerprint density at radius 1 is 1.29 bits per heavy atom. The van der Waals surface area contributed by atoms with Crippen LogP contribution < -0.4 is 16.8 Å². The molecule has 2 aromatic heterocycles. The predicted octanol–water partition coefficient (Wildman–Crippen LogP) is 1.07. The van der Waals surface area contributed by atoms with Gasteiger partial charge in [-0.25, -0.2) is 9.97 Å². The van der Waals surface area contributed by atoms with Crippen LogP contribution in [0.4, 0.5) is 5.13 Å². The highest BCUT2D eigenvalue weighted by molar-refractivity contribution is 7.14. The Hall–Kier alpha value is -1.51. The zero-order valence-electron chi connectivity index (χ0n) is 8.93. The number of hydrogen-bond acceptors (Lipinski definition) is 6. The predicted molar refractivity (Wildman–Crippen MR) is 71.5 cm³/mol. The molecule has 0 saturated heterocycles. The van der Waals surface area contributed by atoms with Gasteiger partial charge in [-0.3, -0.25) is 5.41 Å². The molecule has 0 unspecified atom stereocenters. The molecular weight excluding hydrogens is 256 g/mol. The first-order chi connectivity index (χ1) is 8.19. The Morgan fingerprint density at radius 3 is 2.71 bits per heavy atom. The van der Waals surface area contributed by atoms with Crippen LogP contribution in [0, 0.1) is 5.41 Å². The molecule has 2 heterocycles. The lowest BCUT2D eigenvalue weighted by atomic mass is 10.4. The quantitative estimate of drug-likeness (QED) is 0.489. The van der Waals surface area contributed by atoms with E-state index in [4.69, 9.17) is 16.9 Å². The number of anilines is 1. The van der Waals surface area contributed by atoms with Crippen LogP contribution in [0.25, 0.3) is 11.4 Å². The molecule has 90 valence electrons. The minimum Gasteiger partial charge on any atom is -0.370 e. The number of hydrogen-bond donors (Lipinski definition) is 4. The van der Waals surface area contributed by atoms with Gasteiger partial charge in [-0.1, -0.05) is 0 Å². The van der Waals surface area contributed by atoms with Crippen LogP contribution in [-0.4, -0.2) is 22.5 Å². The van der Waals surface area contributed by atoms with E-state index in [0.717, 1.165) is 22.8 Å². The minimum atomic E-state index is -0.118. The maximum atomic E-state index is 7.11. The lowest BCUT2D eigenvalue weighted by Gasteiger charge is -1.95. The van der Waals surface area contributed by atoms with Crippen molar-refractivity contribution in [2.75, 3.05) is 11.9 Å². The molecule has 0 aliphatic rings. The van der Waals surface area contributed by atoms with Crippen molar-refractivity contribution in [2.24, 2.45) is 11.5 Å². The van der Waals surface area contributed by atoms with Gasteiger partial charge in [-0.15, -0.1) is 22.7 Å². The number of rotatable bonds is 4. The summed E-state index contributed by atoms with van der Waals surface area (Å²) in [5.74, 6) is -0.118. The third-order valence-electron chi connectivity index (χ3n) is 1.92. The van der Waals surface area contributed by atoms with Gasteiger partial charge in [-0.05, 0) is 6.54 Å². The molecule has 0 aromatic carbocycles. The molecule has 17 heavy (non-hydrogen) atoms. The highest BCUT2D eigenvalue weighted by atomic mass is 32.1. The number of nitrogens with two attached hydrogens (primary N) is 2. The van der Waals surface area contributed by atoms with Crippen molar-refractivity contribution in [1.29, 1.82) is 5.41 Å². The van der Waals surface area contributed by atoms with E-state index < -0.39 is 0 Å². The van der Waals surface area contributed by atoms with E-state index >= 15 is 0 Å². The third-order valence-corrected chi connectivity index (χ3v) is 3.58. The van der Waals surface area contributed by atoms with Gasteiger partial charge < -0.3 is 16.8 Å².